The molecule has 0 aliphatic carbocycles. The van der Waals surface area contributed by atoms with Gasteiger partial charge in [0.2, 0.25) is 5.91 Å². The number of carbonyl (C=O) groups is 1. The van der Waals surface area contributed by atoms with Gasteiger partial charge < -0.3 is 5.32 Å². The van der Waals surface area contributed by atoms with Gasteiger partial charge in [-0.3, -0.25) is 4.79 Å². The molecule has 0 saturated heterocycles. The van der Waals surface area contributed by atoms with Crippen LogP contribution in [0.15, 0.2) is 54.6 Å². The summed E-state index contributed by atoms with van der Waals surface area (Å²) < 4.78 is 0. The van der Waals surface area contributed by atoms with E-state index in [1.165, 1.54) is 5.56 Å². The number of rotatable bonds is 8. The number of nitrogens with one attached hydrogen (secondary N) is 1. The minimum absolute atomic E-state index is 0.0780. The minimum atomic E-state index is 0.0780. The first-order valence-corrected chi connectivity index (χ1v) is 9.23. The van der Waals surface area contributed by atoms with Crippen LogP contribution in [0.25, 0.3) is 0 Å². The minimum Gasteiger partial charge on any atom is -0.353 e. The smallest absolute Gasteiger partial charge is 0.230 e. The Labute approximate surface area is 148 Å². The number of nitrogens with zero attached hydrogens (tertiary/aromatic N) is 1. The predicted octanol–water partition coefficient (Wildman–Crippen LogP) is 3.93. The summed E-state index contributed by atoms with van der Waals surface area (Å²) in [6.07, 6.45) is 1.91. The summed E-state index contributed by atoms with van der Waals surface area (Å²) in [5, 5.41) is 11.8. The third kappa shape index (κ3) is 6.47. The molecule has 0 aliphatic heterocycles. The van der Waals surface area contributed by atoms with Gasteiger partial charge in [-0.2, -0.15) is 5.26 Å². The van der Waals surface area contributed by atoms with Crippen LogP contribution in [0.1, 0.15) is 30.0 Å². The molecular formula is C20H22N2OS. The van der Waals surface area contributed by atoms with Gasteiger partial charge in [0.1, 0.15) is 0 Å². The first kappa shape index (κ1) is 18.1. The second kappa shape index (κ2) is 9.79. The summed E-state index contributed by atoms with van der Waals surface area (Å²) in [7, 11) is 0. The quantitative estimate of drug-likeness (QED) is 0.793. The lowest BCUT2D eigenvalue weighted by Crippen LogP contribution is -2.34. The Morgan fingerprint density at radius 1 is 1.12 bits per heavy atom. The Kier molecular flexibility index (Phi) is 7.38. The zero-order valence-corrected chi connectivity index (χ0v) is 14.7. The molecule has 0 aliphatic rings. The van der Waals surface area contributed by atoms with Crippen molar-refractivity contribution in [2.75, 3.05) is 5.75 Å². The van der Waals surface area contributed by atoms with E-state index in [9.17, 15) is 4.79 Å². The molecule has 124 valence electrons. The van der Waals surface area contributed by atoms with Gasteiger partial charge in [-0.05, 0) is 43.0 Å². The normalized spacial score (nSPS) is 11.5. The molecule has 2 rings (SSSR count). The van der Waals surface area contributed by atoms with Gasteiger partial charge in [0.15, 0.2) is 0 Å². The fourth-order valence-corrected chi connectivity index (χ4v) is 3.15. The number of aryl methyl sites for hydroxylation is 1. The number of hydrogen-bond acceptors (Lipinski definition) is 3. The average Bonchev–Trinajstić information content (AvgIpc) is 2.61. The van der Waals surface area contributed by atoms with Crippen molar-refractivity contribution < 1.29 is 4.79 Å². The Hall–Kier alpha value is -2.25. The molecule has 24 heavy (non-hydrogen) atoms. The van der Waals surface area contributed by atoms with Crippen LogP contribution in [-0.2, 0) is 17.0 Å². The van der Waals surface area contributed by atoms with Crippen molar-refractivity contribution >= 4 is 17.7 Å². The molecule has 4 heteroatoms. The summed E-state index contributed by atoms with van der Waals surface area (Å²) in [6, 6.07) is 20.1. The molecule has 0 spiro atoms. The molecule has 0 heterocycles. The molecule has 1 atom stereocenters. The van der Waals surface area contributed by atoms with Crippen molar-refractivity contribution in [1.82, 2.24) is 5.32 Å². The highest BCUT2D eigenvalue weighted by Crippen LogP contribution is 2.13. The van der Waals surface area contributed by atoms with Crippen molar-refractivity contribution in [2.45, 2.75) is 31.6 Å². The third-order valence-corrected chi connectivity index (χ3v) is 4.70. The maximum atomic E-state index is 12.0. The lowest BCUT2D eigenvalue weighted by molar-refractivity contribution is -0.119. The van der Waals surface area contributed by atoms with Crippen LogP contribution in [0.2, 0.25) is 0 Å². The van der Waals surface area contributed by atoms with E-state index < -0.39 is 0 Å². The van der Waals surface area contributed by atoms with Crippen molar-refractivity contribution in [1.29, 1.82) is 5.26 Å². The Morgan fingerprint density at radius 3 is 2.50 bits per heavy atom. The van der Waals surface area contributed by atoms with Gasteiger partial charge in [0, 0.05) is 11.8 Å². The van der Waals surface area contributed by atoms with Crippen molar-refractivity contribution in [3.8, 4) is 6.07 Å². The van der Waals surface area contributed by atoms with Gasteiger partial charge >= 0.3 is 0 Å². The van der Waals surface area contributed by atoms with Crippen molar-refractivity contribution in [3.05, 3.63) is 71.3 Å². The maximum Gasteiger partial charge on any atom is 0.230 e. The van der Waals surface area contributed by atoms with E-state index >= 15 is 0 Å². The number of benzene rings is 2. The van der Waals surface area contributed by atoms with Crippen LogP contribution in [0, 0.1) is 11.3 Å². The van der Waals surface area contributed by atoms with Crippen LogP contribution in [-0.4, -0.2) is 17.7 Å². The molecule has 0 bridgehead atoms. The molecule has 3 nitrogen and oxygen atoms in total. The molecule has 0 saturated carbocycles. The van der Waals surface area contributed by atoms with E-state index in [0.717, 1.165) is 24.2 Å². The Bertz CT molecular complexity index is 677. The van der Waals surface area contributed by atoms with Gasteiger partial charge in [-0.15, -0.1) is 11.8 Å². The van der Waals surface area contributed by atoms with E-state index in [2.05, 4.69) is 23.5 Å². The first-order chi connectivity index (χ1) is 11.7. The lowest BCUT2D eigenvalue weighted by Gasteiger charge is -2.13. The van der Waals surface area contributed by atoms with Gasteiger partial charge in [0.05, 0.1) is 17.4 Å². The summed E-state index contributed by atoms with van der Waals surface area (Å²) >= 11 is 1.59. The Morgan fingerprint density at radius 2 is 1.83 bits per heavy atom. The van der Waals surface area contributed by atoms with Gasteiger partial charge in [-0.25, -0.2) is 0 Å². The highest BCUT2D eigenvalue weighted by atomic mass is 32.2. The number of nitriles is 1. The van der Waals surface area contributed by atoms with Crippen LogP contribution in [0.5, 0.6) is 0 Å². The molecule has 1 amide bonds. The number of hydrogen-bond donors (Lipinski definition) is 1. The van der Waals surface area contributed by atoms with Gasteiger partial charge in [0.25, 0.3) is 0 Å². The number of thioether (sulfide) groups is 1. The molecule has 0 aromatic heterocycles. The maximum absolute atomic E-state index is 12.0. The largest absolute Gasteiger partial charge is 0.353 e. The highest BCUT2D eigenvalue weighted by molar-refractivity contribution is 7.99. The molecule has 1 N–H and O–H groups in total. The fourth-order valence-electron chi connectivity index (χ4n) is 2.35. The molecular weight excluding hydrogens is 316 g/mol. The summed E-state index contributed by atoms with van der Waals surface area (Å²) in [6.45, 7) is 2.05. The summed E-state index contributed by atoms with van der Waals surface area (Å²) in [4.78, 5) is 12.0. The van der Waals surface area contributed by atoms with Crippen molar-refractivity contribution in [3.63, 3.8) is 0 Å². The van der Waals surface area contributed by atoms with E-state index in [-0.39, 0.29) is 11.9 Å². The number of carbonyl (C=O) groups excluding carboxylic acids is 1. The molecule has 1 unspecified atom stereocenters. The summed E-state index contributed by atoms with van der Waals surface area (Å²) in [5.41, 5.74) is 3.09. The zero-order chi connectivity index (χ0) is 17.2. The monoisotopic (exact) mass is 338 g/mol. The van der Waals surface area contributed by atoms with Crippen molar-refractivity contribution in [2.24, 2.45) is 0 Å². The topological polar surface area (TPSA) is 52.9 Å². The fraction of sp³-hybridized carbons (Fsp3) is 0.300. The van der Waals surface area contributed by atoms with E-state index in [4.69, 9.17) is 5.26 Å². The standard InChI is InChI=1S/C20H22N2OS/c1-16(7-8-17-5-3-2-4-6-17)22-20(23)15-24-14-19-11-9-18(13-21)10-12-19/h2-6,9-12,16H,7-8,14-15H2,1H3,(H,22,23). The predicted molar refractivity (Wildman–Crippen MR) is 99.7 cm³/mol. The SMILES string of the molecule is CC(CCc1ccccc1)NC(=O)CSCc1ccc(C#N)cc1. The average molecular weight is 338 g/mol. The van der Waals surface area contributed by atoms with Gasteiger partial charge in [-0.1, -0.05) is 42.5 Å². The molecule has 2 aromatic carbocycles. The van der Waals surface area contributed by atoms with Crippen LogP contribution in [0.3, 0.4) is 0 Å². The molecule has 0 fully saturated rings. The second-order valence-corrected chi connectivity index (χ2v) is 6.78. The number of amides is 1. The van der Waals surface area contributed by atoms with Crippen LogP contribution in [0.4, 0.5) is 0 Å². The first-order valence-electron chi connectivity index (χ1n) is 8.07. The lowest BCUT2D eigenvalue weighted by atomic mass is 10.1. The zero-order valence-electron chi connectivity index (χ0n) is 13.9. The third-order valence-electron chi connectivity index (χ3n) is 3.70. The van der Waals surface area contributed by atoms with Crippen LogP contribution < -0.4 is 5.32 Å². The van der Waals surface area contributed by atoms with E-state index in [1.54, 1.807) is 11.8 Å². The van der Waals surface area contributed by atoms with Crippen LogP contribution >= 0.6 is 11.8 Å². The second-order valence-electron chi connectivity index (χ2n) is 5.79. The molecule has 2 aromatic rings. The Balaban J connectivity index is 1.64. The molecule has 0 radical (unpaired) electrons. The van der Waals surface area contributed by atoms with E-state index in [0.29, 0.717) is 11.3 Å². The summed E-state index contributed by atoms with van der Waals surface area (Å²) in [5.74, 6) is 1.31. The highest BCUT2D eigenvalue weighted by Gasteiger charge is 2.08. The van der Waals surface area contributed by atoms with E-state index in [1.807, 2.05) is 49.4 Å².